The van der Waals surface area contributed by atoms with Crippen molar-refractivity contribution in [2.24, 2.45) is 0 Å². The lowest BCUT2D eigenvalue weighted by molar-refractivity contribution is -0.113. The van der Waals surface area contributed by atoms with E-state index in [1.807, 2.05) is 0 Å². The molecule has 1 fully saturated rings. The summed E-state index contributed by atoms with van der Waals surface area (Å²) in [6.07, 6.45) is 3.98. The summed E-state index contributed by atoms with van der Waals surface area (Å²) in [5.74, 6) is 0. The molecule has 0 saturated heterocycles. The zero-order chi connectivity index (χ0) is 9.90. The Morgan fingerprint density at radius 3 is 2.38 bits per heavy atom. The highest BCUT2D eigenvalue weighted by molar-refractivity contribution is 4.87. The summed E-state index contributed by atoms with van der Waals surface area (Å²) in [7, 11) is 0. The van der Waals surface area contributed by atoms with E-state index in [4.69, 9.17) is 4.74 Å². The monoisotopic (exact) mass is 185 g/mol. The van der Waals surface area contributed by atoms with Crippen LogP contribution in [0.3, 0.4) is 0 Å². The minimum atomic E-state index is 0.0713. The molecule has 2 heteroatoms. The minimum absolute atomic E-state index is 0.0713. The summed E-state index contributed by atoms with van der Waals surface area (Å²) in [6, 6.07) is 0.711. The van der Waals surface area contributed by atoms with Crippen LogP contribution in [0.5, 0.6) is 0 Å². The third-order valence-corrected chi connectivity index (χ3v) is 2.92. The van der Waals surface area contributed by atoms with Gasteiger partial charge in [0.1, 0.15) is 0 Å². The molecule has 78 valence electrons. The molecule has 1 aliphatic rings. The molecule has 0 aromatic heterocycles. The normalized spacial score (nSPS) is 28.6. The van der Waals surface area contributed by atoms with Gasteiger partial charge < -0.3 is 10.1 Å². The molecule has 0 unspecified atom stereocenters. The van der Waals surface area contributed by atoms with Crippen molar-refractivity contribution in [1.82, 2.24) is 5.32 Å². The first kappa shape index (κ1) is 11.0. The van der Waals surface area contributed by atoms with E-state index in [0.717, 1.165) is 13.0 Å². The van der Waals surface area contributed by atoms with Gasteiger partial charge in [0.15, 0.2) is 0 Å². The van der Waals surface area contributed by atoms with E-state index in [1.54, 1.807) is 0 Å². The van der Waals surface area contributed by atoms with Gasteiger partial charge in [-0.2, -0.15) is 0 Å². The maximum atomic E-state index is 5.96. The van der Waals surface area contributed by atoms with E-state index in [-0.39, 0.29) is 5.60 Å². The number of nitrogens with one attached hydrogen (secondary N) is 1. The SMILES string of the molecule is CCNC1CC(OC(C)(C)CC)C1. The lowest BCUT2D eigenvalue weighted by Crippen LogP contribution is -2.48. The average molecular weight is 185 g/mol. The average Bonchev–Trinajstić information content (AvgIpc) is 2.01. The first-order chi connectivity index (χ1) is 6.07. The van der Waals surface area contributed by atoms with Gasteiger partial charge in [0.05, 0.1) is 11.7 Å². The molecule has 0 heterocycles. The van der Waals surface area contributed by atoms with Crippen LogP contribution in [0.25, 0.3) is 0 Å². The Hall–Kier alpha value is -0.0800. The summed E-state index contributed by atoms with van der Waals surface area (Å²) < 4.78 is 5.96. The van der Waals surface area contributed by atoms with E-state index in [2.05, 4.69) is 33.0 Å². The lowest BCUT2D eigenvalue weighted by atomic mass is 9.88. The molecule has 0 bridgehead atoms. The van der Waals surface area contributed by atoms with Crippen LogP contribution < -0.4 is 5.32 Å². The largest absolute Gasteiger partial charge is 0.372 e. The van der Waals surface area contributed by atoms with Crippen LogP contribution in [-0.2, 0) is 4.74 Å². The van der Waals surface area contributed by atoms with Crippen LogP contribution in [0, 0.1) is 0 Å². The Labute approximate surface area is 82.0 Å². The fourth-order valence-corrected chi connectivity index (χ4v) is 1.65. The van der Waals surface area contributed by atoms with Gasteiger partial charge in [0.2, 0.25) is 0 Å². The smallest absolute Gasteiger partial charge is 0.0627 e. The topological polar surface area (TPSA) is 21.3 Å². The van der Waals surface area contributed by atoms with Crippen LogP contribution >= 0.6 is 0 Å². The van der Waals surface area contributed by atoms with Crippen LogP contribution in [-0.4, -0.2) is 24.3 Å². The summed E-state index contributed by atoms with van der Waals surface area (Å²) in [6.45, 7) is 9.76. The van der Waals surface area contributed by atoms with Crippen molar-refractivity contribution < 1.29 is 4.74 Å². The molecular formula is C11H23NO. The molecule has 1 aliphatic carbocycles. The van der Waals surface area contributed by atoms with E-state index >= 15 is 0 Å². The van der Waals surface area contributed by atoms with Gasteiger partial charge in [-0.1, -0.05) is 13.8 Å². The van der Waals surface area contributed by atoms with Crippen LogP contribution in [0.15, 0.2) is 0 Å². The van der Waals surface area contributed by atoms with Gasteiger partial charge >= 0.3 is 0 Å². The highest BCUT2D eigenvalue weighted by Gasteiger charge is 2.32. The first-order valence-corrected chi connectivity index (χ1v) is 5.48. The molecule has 0 aromatic rings. The van der Waals surface area contributed by atoms with Crippen LogP contribution in [0.1, 0.15) is 47.0 Å². The highest BCUT2D eigenvalue weighted by atomic mass is 16.5. The molecular weight excluding hydrogens is 162 g/mol. The van der Waals surface area contributed by atoms with E-state index in [0.29, 0.717) is 12.1 Å². The van der Waals surface area contributed by atoms with E-state index < -0.39 is 0 Å². The van der Waals surface area contributed by atoms with Crippen molar-refractivity contribution in [3.05, 3.63) is 0 Å². The summed E-state index contributed by atoms with van der Waals surface area (Å²) >= 11 is 0. The number of hydrogen-bond acceptors (Lipinski definition) is 2. The molecule has 0 aliphatic heterocycles. The zero-order valence-corrected chi connectivity index (χ0v) is 9.39. The second kappa shape index (κ2) is 4.43. The Bertz CT molecular complexity index is 150. The molecule has 2 nitrogen and oxygen atoms in total. The predicted octanol–water partition coefficient (Wildman–Crippen LogP) is 2.33. The molecule has 13 heavy (non-hydrogen) atoms. The Morgan fingerprint density at radius 1 is 1.31 bits per heavy atom. The maximum absolute atomic E-state index is 5.96. The van der Waals surface area contributed by atoms with Crippen molar-refractivity contribution in [3.8, 4) is 0 Å². The van der Waals surface area contributed by atoms with Gasteiger partial charge in [0, 0.05) is 6.04 Å². The molecule has 0 aromatic carbocycles. The van der Waals surface area contributed by atoms with Gasteiger partial charge in [-0.05, 0) is 39.7 Å². The molecule has 0 radical (unpaired) electrons. The Balaban J connectivity index is 2.14. The lowest BCUT2D eigenvalue weighted by Gasteiger charge is -2.40. The molecule has 0 atom stereocenters. The Morgan fingerprint density at radius 2 is 1.92 bits per heavy atom. The first-order valence-electron chi connectivity index (χ1n) is 5.48. The van der Waals surface area contributed by atoms with Crippen molar-refractivity contribution in [3.63, 3.8) is 0 Å². The third kappa shape index (κ3) is 3.28. The molecule has 0 spiro atoms. The third-order valence-electron chi connectivity index (χ3n) is 2.92. The fraction of sp³-hybridized carbons (Fsp3) is 1.00. The maximum Gasteiger partial charge on any atom is 0.0627 e. The second-order valence-electron chi connectivity index (χ2n) is 4.58. The minimum Gasteiger partial charge on any atom is -0.372 e. The van der Waals surface area contributed by atoms with Gasteiger partial charge in [0.25, 0.3) is 0 Å². The van der Waals surface area contributed by atoms with Crippen molar-refractivity contribution in [1.29, 1.82) is 0 Å². The molecule has 1 N–H and O–H groups in total. The van der Waals surface area contributed by atoms with Gasteiger partial charge in [-0.25, -0.2) is 0 Å². The van der Waals surface area contributed by atoms with Crippen molar-refractivity contribution in [2.75, 3.05) is 6.54 Å². The highest BCUT2D eigenvalue weighted by Crippen LogP contribution is 2.28. The van der Waals surface area contributed by atoms with Crippen LogP contribution in [0.2, 0.25) is 0 Å². The standard InChI is InChI=1S/C11H23NO/c1-5-11(3,4)13-10-7-9(8-10)12-6-2/h9-10,12H,5-8H2,1-4H3. The fourth-order valence-electron chi connectivity index (χ4n) is 1.65. The van der Waals surface area contributed by atoms with Crippen molar-refractivity contribution in [2.45, 2.75) is 64.7 Å². The summed E-state index contributed by atoms with van der Waals surface area (Å²) in [5, 5.41) is 3.44. The molecule has 1 rings (SSSR count). The van der Waals surface area contributed by atoms with Gasteiger partial charge in [-0.15, -0.1) is 0 Å². The predicted molar refractivity (Wildman–Crippen MR) is 55.9 cm³/mol. The van der Waals surface area contributed by atoms with E-state index in [9.17, 15) is 0 Å². The number of hydrogen-bond donors (Lipinski definition) is 1. The van der Waals surface area contributed by atoms with Gasteiger partial charge in [-0.3, -0.25) is 0 Å². The summed E-state index contributed by atoms with van der Waals surface area (Å²) in [5.41, 5.74) is 0.0713. The summed E-state index contributed by atoms with van der Waals surface area (Å²) in [4.78, 5) is 0. The van der Waals surface area contributed by atoms with Crippen molar-refractivity contribution >= 4 is 0 Å². The zero-order valence-electron chi connectivity index (χ0n) is 9.39. The quantitative estimate of drug-likeness (QED) is 0.710. The second-order valence-corrected chi connectivity index (χ2v) is 4.58. The van der Waals surface area contributed by atoms with Crippen LogP contribution in [0.4, 0.5) is 0 Å². The number of ether oxygens (including phenoxy) is 1. The van der Waals surface area contributed by atoms with E-state index in [1.165, 1.54) is 12.8 Å². The number of rotatable bonds is 5. The molecule has 1 saturated carbocycles. The Kier molecular flexibility index (Phi) is 3.74. The molecule has 0 amide bonds.